The van der Waals surface area contributed by atoms with Gasteiger partial charge in [-0.15, -0.1) is 0 Å². The molecule has 2 nitrogen and oxygen atoms in total. The van der Waals surface area contributed by atoms with E-state index in [0.29, 0.717) is 13.0 Å². The Balaban J connectivity index is 2.59. The number of carbonyl (C=O) groups excluding carboxylic acids is 1. The van der Waals surface area contributed by atoms with E-state index in [1.165, 1.54) is 0 Å². The van der Waals surface area contributed by atoms with Gasteiger partial charge in [-0.05, 0) is 11.5 Å². The SMILES string of the molecule is CC(C)(C)c1cccc2c1OCCC2=O. The van der Waals surface area contributed by atoms with Gasteiger partial charge in [0.1, 0.15) is 5.75 Å². The van der Waals surface area contributed by atoms with Crippen molar-refractivity contribution in [3.63, 3.8) is 0 Å². The number of ketones is 1. The topological polar surface area (TPSA) is 26.3 Å². The number of ether oxygens (including phenoxy) is 1. The highest BCUT2D eigenvalue weighted by Crippen LogP contribution is 2.36. The van der Waals surface area contributed by atoms with Gasteiger partial charge < -0.3 is 4.74 Å². The fourth-order valence-electron chi connectivity index (χ4n) is 1.88. The van der Waals surface area contributed by atoms with Crippen molar-refractivity contribution in [2.24, 2.45) is 0 Å². The monoisotopic (exact) mass is 204 g/mol. The van der Waals surface area contributed by atoms with Crippen molar-refractivity contribution in [1.82, 2.24) is 0 Å². The van der Waals surface area contributed by atoms with E-state index in [2.05, 4.69) is 20.8 Å². The van der Waals surface area contributed by atoms with E-state index in [1.807, 2.05) is 18.2 Å². The molecule has 0 spiro atoms. The third-order valence-electron chi connectivity index (χ3n) is 2.70. The first-order chi connectivity index (χ1) is 7.00. The largest absolute Gasteiger partial charge is 0.492 e. The molecule has 0 bridgehead atoms. The van der Waals surface area contributed by atoms with Gasteiger partial charge in [-0.3, -0.25) is 4.79 Å². The zero-order valence-electron chi connectivity index (χ0n) is 9.46. The number of fused-ring (bicyclic) bond motifs is 1. The van der Waals surface area contributed by atoms with Gasteiger partial charge in [0, 0.05) is 12.0 Å². The van der Waals surface area contributed by atoms with Crippen molar-refractivity contribution >= 4 is 5.78 Å². The van der Waals surface area contributed by atoms with Crippen LogP contribution in [0, 0.1) is 0 Å². The van der Waals surface area contributed by atoms with E-state index in [1.54, 1.807) is 0 Å². The van der Waals surface area contributed by atoms with E-state index in [9.17, 15) is 4.79 Å². The Kier molecular flexibility index (Phi) is 2.29. The molecule has 2 heteroatoms. The van der Waals surface area contributed by atoms with Crippen LogP contribution in [-0.4, -0.2) is 12.4 Å². The predicted molar refractivity (Wildman–Crippen MR) is 59.6 cm³/mol. The van der Waals surface area contributed by atoms with Crippen LogP contribution in [0.5, 0.6) is 5.75 Å². The van der Waals surface area contributed by atoms with Gasteiger partial charge in [0.05, 0.1) is 12.2 Å². The van der Waals surface area contributed by atoms with E-state index in [0.717, 1.165) is 16.9 Å². The molecule has 0 unspecified atom stereocenters. The molecular formula is C13H16O2. The molecule has 0 atom stereocenters. The Morgan fingerprint density at radius 1 is 1.27 bits per heavy atom. The number of hydrogen-bond acceptors (Lipinski definition) is 2. The van der Waals surface area contributed by atoms with Crippen LogP contribution in [-0.2, 0) is 5.41 Å². The second kappa shape index (κ2) is 3.37. The van der Waals surface area contributed by atoms with Crippen molar-refractivity contribution in [1.29, 1.82) is 0 Å². The molecule has 80 valence electrons. The van der Waals surface area contributed by atoms with E-state index >= 15 is 0 Å². The Bertz CT molecular complexity index is 399. The minimum absolute atomic E-state index is 0.0168. The average Bonchev–Trinajstić information content (AvgIpc) is 2.16. The molecular weight excluding hydrogens is 188 g/mol. The predicted octanol–water partition coefficient (Wildman–Crippen LogP) is 2.95. The number of benzene rings is 1. The molecule has 0 aliphatic carbocycles. The van der Waals surface area contributed by atoms with Gasteiger partial charge in [0.25, 0.3) is 0 Å². The van der Waals surface area contributed by atoms with Crippen molar-refractivity contribution in [2.75, 3.05) is 6.61 Å². The maximum atomic E-state index is 11.7. The smallest absolute Gasteiger partial charge is 0.170 e. The first kappa shape index (κ1) is 10.2. The van der Waals surface area contributed by atoms with E-state index in [-0.39, 0.29) is 11.2 Å². The summed E-state index contributed by atoms with van der Waals surface area (Å²) in [7, 11) is 0. The van der Waals surface area contributed by atoms with Gasteiger partial charge in [-0.25, -0.2) is 0 Å². The lowest BCUT2D eigenvalue weighted by Gasteiger charge is -2.26. The molecule has 1 aliphatic heterocycles. The molecule has 1 aromatic carbocycles. The fourth-order valence-corrected chi connectivity index (χ4v) is 1.88. The van der Waals surface area contributed by atoms with Crippen LogP contribution in [0.3, 0.4) is 0 Å². The molecule has 0 fully saturated rings. The maximum absolute atomic E-state index is 11.7. The highest BCUT2D eigenvalue weighted by molar-refractivity contribution is 6.00. The van der Waals surface area contributed by atoms with Gasteiger partial charge in [-0.1, -0.05) is 32.9 Å². The highest BCUT2D eigenvalue weighted by atomic mass is 16.5. The molecule has 0 amide bonds. The molecule has 15 heavy (non-hydrogen) atoms. The maximum Gasteiger partial charge on any atom is 0.170 e. The summed E-state index contributed by atoms with van der Waals surface area (Å²) >= 11 is 0. The number of rotatable bonds is 0. The average molecular weight is 204 g/mol. The molecule has 0 N–H and O–H groups in total. The molecule has 1 aliphatic rings. The fraction of sp³-hybridized carbons (Fsp3) is 0.462. The van der Waals surface area contributed by atoms with Crippen LogP contribution >= 0.6 is 0 Å². The Morgan fingerprint density at radius 3 is 2.67 bits per heavy atom. The summed E-state index contributed by atoms with van der Waals surface area (Å²) in [5.74, 6) is 0.989. The molecule has 0 aromatic heterocycles. The van der Waals surface area contributed by atoms with Crippen molar-refractivity contribution in [3.8, 4) is 5.75 Å². The second-order valence-corrected chi connectivity index (χ2v) is 4.95. The Hall–Kier alpha value is -1.31. The lowest BCUT2D eigenvalue weighted by atomic mass is 9.84. The van der Waals surface area contributed by atoms with Crippen LogP contribution in [0.25, 0.3) is 0 Å². The van der Waals surface area contributed by atoms with Crippen molar-refractivity contribution < 1.29 is 9.53 Å². The molecule has 0 saturated heterocycles. The normalized spacial score (nSPS) is 15.8. The van der Waals surface area contributed by atoms with Gasteiger partial charge in [-0.2, -0.15) is 0 Å². The minimum Gasteiger partial charge on any atom is -0.492 e. The summed E-state index contributed by atoms with van der Waals surface area (Å²) in [6, 6.07) is 5.83. The lowest BCUT2D eigenvalue weighted by Crippen LogP contribution is -2.21. The number of Topliss-reactive ketones (excluding diaryl/α,β-unsaturated/α-hetero) is 1. The quantitative estimate of drug-likeness (QED) is 0.649. The van der Waals surface area contributed by atoms with Crippen LogP contribution in [0.2, 0.25) is 0 Å². The van der Waals surface area contributed by atoms with Gasteiger partial charge in [0.15, 0.2) is 5.78 Å². The number of carbonyl (C=O) groups is 1. The Labute approximate surface area is 90.3 Å². The third kappa shape index (κ3) is 1.76. The highest BCUT2D eigenvalue weighted by Gasteiger charge is 2.26. The summed E-state index contributed by atoms with van der Waals surface area (Å²) in [6.45, 7) is 6.90. The molecule has 0 saturated carbocycles. The first-order valence-corrected chi connectivity index (χ1v) is 5.29. The lowest BCUT2D eigenvalue weighted by molar-refractivity contribution is 0.0932. The van der Waals surface area contributed by atoms with E-state index < -0.39 is 0 Å². The molecule has 1 aromatic rings. The van der Waals surface area contributed by atoms with Crippen molar-refractivity contribution in [3.05, 3.63) is 29.3 Å². The molecule has 2 rings (SSSR count). The second-order valence-electron chi connectivity index (χ2n) is 4.95. The standard InChI is InChI=1S/C13H16O2/c1-13(2,3)10-6-4-5-9-11(14)7-8-15-12(9)10/h4-6H,7-8H2,1-3H3. The minimum atomic E-state index is 0.0168. The number of para-hydroxylation sites is 1. The summed E-state index contributed by atoms with van der Waals surface area (Å²) in [4.78, 5) is 11.7. The first-order valence-electron chi connectivity index (χ1n) is 5.29. The number of hydrogen-bond donors (Lipinski definition) is 0. The zero-order chi connectivity index (χ0) is 11.1. The Morgan fingerprint density at radius 2 is 2.00 bits per heavy atom. The van der Waals surface area contributed by atoms with Crippen LogP contribution in [0.1, 0.15) is 43.1 Å². The van der Waals surface area contributed by atoms with Crippen LogP contribution in [0.15, 0.2) is 18.2 Å². The summed E-state index contributed by atoms with van der Waals surface area (Å²) in [5.41, 5.74) is 1.88. The zero-order valence-corrected chi connectivity index (χ0v) is 9.46. The molecule has 0 radical (unpaired) electrons. The summed E-state index contributed by atoms with van der Waals surface area (Å²) < 4.78 is 5.63. The van der Waals surface area contributed by atoms with E-state index in [4.69, 9.17) is 4.74 Å². The summed E-state index contributed by atoms with van der Waals surface area (Å²) in [5, 5.41) is 0. The van der Waals surface area contributed by atoms with Gasteiger partial charge in [0.2, 0.25) is 0 Å². The molecule has 1 heterocycles. The van der Waals surface area contributed by atoms with Gasteiger partial charge >= 0.3 is 0 Å². The van der Waals surface area contributed by atoms with Crippen LogP contribution in [0.4, 0.5) is 0 Å². The van der Waals surface area contributed by atoms with Crippen molar-refractivity contribution in [2.45, 2.75) is 32.6 Å². The third-order valence-corrected chi connectivity index (χ3v) is 2.70. The summed E-state index contributed by atoms with van der Waals surface area (Å²) in [6.07, 6.45) is 0.501. The van der Waals surface area contributed by atoms with Crippen LogP contribution < -0.4 is 4.74 Å².